The number of anilines is 6. The lowest BCUT2D eigenvalue weighted by Gasteiger charge is -2.33. The zero-order valence-corrected chi connectivity index (χ0v) is 51.9. The highest BCUT2D eigenvalue weighted by atomic mass is 32.1. The highest BCUT2D eigenvalue weighted by Gasteiger charge is 2.52. The lowest BCUT2D eigenvalue weighted by molar-refractivity contribution is 0.793. The molecule has 0 unspecified atom stereocenters. The van der Waals surface area contributed by atoms with E-state index < -0.39 is 5.41 Å². The van der Waals surface area contributed by atoms with Gasteiger partial charge in [-0.05, 0) is 201 Å². The maximum Gasteiger partial charge on any atom is 0.127 e. The first-order chi connectivity index (χ1) is 45.1. The maximum absolute atomic E-state index is 5.34. The molecule has 0 radical (unpaired) electrons. The lowest BCUT2D eigenvalue weighted by Crippen LogP contribution is -2.27. The third kappa shape index (κ3) is 9.01. The van der Waals surface area contributed by atoms with Gasteiger partial charge in [-0.15, -0.1) is 45.3 Å². The average molecular weight is 1240 g/mol. The average Bonchev–Trinajstić information content (AvgIpc) is 1.51. The van der Waals surface area contributed by atoms with Gasteiger partial charge in [0.25, 0.3) is 0 Å². The molecule has 1 spiro atoms. The number of rotatable bonds is 12. The van der Waals surface area contributed by atoms with Crippen LogP contribution in [0.1, 0.15) is 53.4 Å². The number of fused-ring (bicyclic) bond motifs is 14. The third-order valence-corrected chi connectivity index (χ3v) is 21.9. The van der Waals surface area contributed by atoms with Crippen LogP contribution in [0.2, 0.25) is 0 Å². The van der Waals surface area contributed by atoms with E-state index in [0.29, 0.717) is 0 Å². The number of hydrogen-bond acceptors (Lipinski definition) is 10. The minimum absolute atomic E-state index is 0.870. The second kappa shape index (κ2) is 21.8. The Morgan fingerprint density at radius 3 is 0.824 bits per heavy atom. The van der Waals surface area contributed by atoms with E-state index in [1.807, 2.05) is 0 Å². The van der Waals surface area contributed by atoms with Gasteiger partial charge < -0.3 is 9.80 Å². The molecule has 0 amide bonds. The van der Waals surface area contributed by atoms with Crippen LogP contribution in [0.4, 0.5) is 34.1 Å². The van der Waals surface area contributed by atoms with Gasteiger partial charge >= 0.3 is 0 Å². The number of aromatic nitrogens is 4. The van der Waals surface area contributed by atoms with Gasteiger partial charge in [-0.1, -0.05) is 158 Å². The molecule has 0 aliphatic heterocycles. The second-order valence-corrected chi connectivity index (χ2v) is 27.0. The standard InChI is InChI=1S/C81H50N6S4/c1-5-21-53(22-6-1)86(54-23-7-2-8-24-54)57-39-43-61-59-41-37-51(45-63(77-82-69-29-13-17-33-73(69)88-77)78-83-70-30-14-18-34-74(70)89-78)47-65(59)81(67(61)49-57)66-48-52(46-64(79-84-71-31-15-19-35-75(71)90-79)80-85-72-32-16-20-36-76(72)91-80)38-42-60(66)62-44-40-58(50-68(62)81)87(55-25-9-3-10-26-55)56-27-11-4-12-28-56/h1-50H. The molecule has 2 aliphatic carbocycles. The van der Waals surface area contributed by atoms with E-state index in [-0.39, 0.29) is 0 Å². The van der Waals surface area contributed by atoms with Gasteiger partial charge in [-0.2, -0.15) is 0 Å². The molecule has 0 atom stereocenters. The Morgan fingerprint density at radius 2 is 0.527 bits per heavy atom. The summed E-state index contributed by atoms with van der Waals surface area (Å²) in [7, 11) is 0. The fourth-order valence-electron chi connectivity index (χ4n) is 13.6. The first kappa shape index (κ1) is 53.3. The highest BCUT2D eigenvalue weighted by Crippen LogP contribution is 2.65. The molecule has 0 N–H and O–H groups in total. The van der Waals surface area contributed by atoms with E-state index in [4.69, 9.17) is 19.9 Å². The summed E-state index contributed by atoms with van der Waals surface area (Å²) in [4.78, 5) is 26.2. The van der Waals surface area contributed by atoms with Crippen molar-refractivity contribution < 1.29 is 0 Å². The lowest BCUT2D eigenvalue weighted by atomic mass is 9.70. The fourth-order valence-corrected chi connectivity index (χ4v) is 17.7. The Bertz CT molecular complexity index is 4860. The number of nitrogens with zero attached hydrogens (tertiary/aromatic N) is 6. The molecule has 0 saturated heterocycles. The summed E-state index contributed by atoms with van der Waals surface area (Å²) in [5.74, 6) is 0. The molecule has 4 aromatic heterocycles. The van der Waals surface area contributed by atoms with Gasteiger partial charge in [0.2, 0.25) is 0 Å². The van der Waals surface area contributed by atoms with Gasteiger partial charge in [-0.25, -0.2) is 19.9 Å². The van der Waals surface area contributed by atoms with Crippen LogP contribution in [0.5, 0.6) is 0 Å². The molecule has 16 aromatic rings. The molecule has 12 aromatic carbocycles. The minimum atomic E-state index is -0.870. The summed E-state index contributed by atoms with van der Waals surface area (Å²) in [6.45, 7) is 0. The summed E-state index contributed by atoms with van der Waals surface area (Å²) >= 11 is 6.86. The van der Waals surface area contributed by atoms with Crippen LogP contribution in [0.15, 0.2) is 291 Å². The van der Waals surface area contributed by atoms with Crippen molar-refractivity contribution in [1.29, 1.82) is 0 Å². The molecule has 10 heteroatoms. The highest BCUT2D eigenvalue weighted by molar-refractivity contribution is 7.22. The SMILES string of the molecule is C(=C(c1nc2ccccc2s1)c1nc2ccccc2s1)c1ccc2c(c1)C1(c3cc(C=C(c4nc5ccccc5s4)c4nc5ccccc5s4)ccc3-c3ccc(N(c4ccccc4)c4ccccc4)cc31)c1cc(N(c3ccccc3)c3ccccc3)ccc1-2. The van der Waals surface area contributed by atoms with Gasteiger partial charge in [-0.3, -0.25) is 0 Å². The smallest absolute Gasteiger partial charge is 0.127 e. The Hall–Kier alpha value is -10.7. The van der Waals surface area contributed by atoms with Gasteiger partial charge in [0, 0.05) is 45.3 Å². The molecule has 4 heterocycles. The molecule has 18 rings (SSSR count). The normalized spacial score (nSPS) is 12.5. The van der Waals surface area contributed by atoms with Crippen LogP contribution < -0.4 is 9.80 Å². The zero-order chi connectivity index (χ0) is 60.0. The van der Waals surface area contributed by atoms with Crippen molar-refractivity contribution in [2.75, 3.05) is 9.80 Å². The summed E-state index contributed by atoms with van der Waals surface area (Å²) in [5, 5.41) is 3.73. The van der Waals surface area contributed by atoms with Crippen molar-refractivity contribution in [1.82, 2.24) is 19.9 Å². The fraction of sp³-hybridized carbons (Fsp3) is 0.0123. The molecular weight excluding hydrogens is 1190 g/mol. The molecule has 6 nitrogen and oxygen atoms in total. The predicted molar refractivity (Wildman–Crippen MR) is 385 cm³/mol. The molecular formula is C81H50N6S4. The van der Waals surface area contributed by atoms with Gasteiger partial charge in [0.15, 0.2) is 0 Å². The maximum atomic E-state index is 5.34. The largest absolute Gasteiger partial charge is 0.310 e. The van der Waals surface area contributed by atoms with Gasteiger partial charge in [0.1, 0.15) is 20.0 Å². The molecule has 2 aliphatic rings. The van der Waals surface area contributed by atoms with E-state index in [1.165, 1.54) is 44.5 Å². The summed E-state index contributed by atoms with van der Waals surface area (Å²) < 4.78 is 4.55. The van der Waals surface area contributed by atoms with Crippen LogP contribution in [0.25, 0.3) is 86.4 Å². The van der Waals surface area contributed by atoms with Crippen molar-refractivity contribution in [2.24, 2.45) is 0 Å². The predicted octanol–water partition coefficient (Wildman–Crippen LogP) is 22.6. The van der Waals surface area contributed by atoms with Crippen LogP contribution in [0.3, 0.4) is 0 Å². The molecule has 0 fully saturated rings. The number of thiazole rings is 4. The van der Waals surface area contributed by atoms with E-state index in [9.17, 15) is 0 Å². The van der Waals surface area contributed by atoms with Crippen molar-refractivity contribution in [3.8, 4) is 22.3 Å². The quantitative estimate of drug-likeness (QED) is 0.121. The Kier molecular flexibility index (Phi) is 12.8. The van der Waals surface area contributed by atoms with Crippen LogP contribution in [0, 0.1) is 0 Å². The van der Waals surface area contributed by atoms with Crippen LogP contribution >= 0.6 is 45.3 Å². The first-order valence-electron chi connectivity index (χ1n) is 30.3. The molecule has 0 bridgehead atoms. The van der Waals surface area contributed by atoms with E-state index in [0.717, 1.165) is 117 Å². The van der Waals surface area contributed by atoms with Crippen molar-refractivity contribution in [3.63, 3.8) is 0 Å². The van der Waals surface area contributed by atoms with Crippen LogP contribution in [-0.2, 0) is 5.41 Å². The van der Waals surface area contributed by atoms with Crippen molar-refractivity contribution in [3.05, 3.63) is 345 Å². The Balaban J connectivity index is 0.933. The summed E-state index contributed by atoms with van der Waals surface area (Å²) in [6.07, 6.45) is 4.68. The summed E-state index contributed by atoms with van der Waals surface area (Å²) in [6, 6.07) is 106. The molecule has 428 valence electrons. The zero-order valence-electron chi connectivity index (χ0n) is 48.7. The van der Waals surface area contributed by atoms with E-state index in [1.54, 1.807) is 45.3 Å². The van der Waals surface area contributed by atoms with Crippen molar-refractivity contribution >= 4 is 144 Å². The third-order valence-electron chi connectivity index (χ3n) is 17.6. The first-order valence-corrected chi connectivity index (χ1v) is 33.6. The monoisotopic (exact) mass is 1230 g/mol. The molecule has 0 saturated carbocycles. The van der Waals surface area contributed by atoms with E-state index >= 15 is 0 Å². The second-order valence-electron chi connectivity index (χ2n) is 22.9. The Morgan fingerprint density at radius 1 is 0.264 bits per heavy atom. The van der Waals surface area contributed by atoms with Crippen molar-refractivity contribution in [2.45, 2.75) is 5.41 Å². The summed E-state index contributed by atoms with van der Waals surface area (Å²) in [5.41, 5.74) is 23.1. The topological polar surface area (TPSA) is 58.0 Å². The minimum Gasteiger partial charge on any atom is -0.310 e. The Labute approximate surface area is 541 Å². The number of para-hydroxylation sites is 8. The van der Waals surface area contributed by atoms with Gasteiger partial charge in [0.05, 0.1) is 46.3 Å². The van der Waals surface area contributed by atoms with Crippen LogP contribution in [-0.4, -0.2) is 19.9 Å². The number of hydrogen-bond donors (Lipinski definition) is 0. The van der Waals surface area contributed by atoms with E-state index in [2.05, 4.69) is 313 Å². The molecule has 91 heavy (non-hydrogen) atoms. The number of benzene rings is 12.